The van der Waals surface area contributed by atoms with Crippen LogP contribution < -0.4 is 4.90 Å². The zero-order valence-corrected chi connectivity index (χ0v) is 12.6. The predicted molar refractivity (Wildman–Crippen MR) is 80.8 cm³/mol. The lowest BCUT2D eigenvalue weighted by atomic mass is 10.1. The number of likely N-dealkylation sites (N-methyl/N-ethyl adjacent to an activating group) is 1. The van der Waals surface area contributed by atoms with Gasteiger partial charge in [-0.1, -0.05) is 19.1 Å². The molecule has 2 atom stereocenters. The van der Waals surface area contributed by atoms with E-state index in [-0.39, 0.29) is 12.6 Å². The van der Waals surface area contributed by atoms with E-state index in [0.29, 0.717) is 5.92 Å². The third-order valence-electron chi connectivity index (χ3n) is 4.10. The van der Waals surface area contributed by atoms with E-state index in [0.717, 1.165) is 19.6 Å². The van der Waals surface area contributed by atoms with Crippen LogP contribution in [0.15, 0.2) is 18.2 Å². The van der Waals surface area contributed by atoms with E-state index in [2.05, 4.69) is 55.8 Å². The number of rotatable bonds is 2. The molecule has 2 unspecified atom stereocenters. The Morgan fingerprint density at radius 2 is 1.95 bits per heavy atom. The quantitative estimate of drug-likeness (QED) is 0.883. The van der Waals surface area contributed by atoms with Crippen LogP contribution >= 0.6 is 0 Å². The Hall–Kier alpha value is -1.06. The fourth-order valence-electron chi connectivity index (χ4n) is 3.00. The van der Waals surface area contributed by atoms with Gasteiger partial charge in [-0.05, 0) is 44.0 Å². The third kappa shape index (κ3) is 3.28. The van der Waals surface area contributed by atoms with Crippen molar-refractivity contribution < 1.29 is 5.11 Å². The van der Waals surface area contributed by atoms with Gasteiger partial charge >= 0.3 is 0 Å². The van der Waals surface area contributed by atoms with Crippen LogP contribution in [0.4, 0.5) is 5.69 Å². The molecule has 0 aliphatic carbocycles. The fraction of sp³-hybridized carbons (Fsp3) is 0.625. The molecule has 1 N–H and O–H groups in total. The van der Waals surface area contributed by atoms with Gasteiger partial charge in [0.25, 0.3) is 0 Å². The molecule has 1 saturated heterocycles. The maximum absolute atomic E-state index is 9.59. The van der Waals surface area contributed by atoms with Crippen molar-refractivity contribution in [3.63, 3.8) is 0 Å². The molecule has 2 rings (SSSR count). The Morgan fingerprint density at radius 3 is 2.63 bits per heavy atom. The second-order valence-corrected chi connectivity index (χ2v) is 6.08. The molecule has 106 valence electrons. The number of benzene rings is 1. The molecule has 0 amide bonds. The summed E-state index contributed by atoms with van der Waals surface area (Å²) in [6, 6.07) is 6.85. The van der Waals surface area contributed by atoms with Crippen molar-refractivity contribution >= 4 is 5.69 Å². The summed E-state index contributed by atoms with van der Waals surface area (Å²) in [5.41, 5.74) is 3.94. The Morgan fingerprint density at radius 1 is 1.21 bits per heavy atom. The van der Waals surface area contributed by atoms with E-state index in [9.17, 15) is 5.11 Å². The van der Waals surface area contributed by atoms with Crippen molar-refractivity contribution in [3.8, 4) is 0 Å². The highest BCUT2D eigenvalue weighted by atomic mass is 16.3. The van der Waals surface area contributed by atoms with Crippen LogP contribution in [0.1, 0.15) is 18.1 Å². The first kappa shape index (κ1) is 14.4. The summed E-state index contributed by atoms with van der Waals surface area (Å²) in [5, 5.41) is 9.59. The van der Waals surface area contributed by atoms with Crippen LogP contribution in [0.5, 0.6) is 0 Å². The number of hydrogen-bond acceptors (Lipinski definition) is 3. The Labute approximate surface area is 116 Å². The van der Waals surface area contributed by atoms with Crippen molar-refractivity contribution in [2.45, 2.75) is 26.8 Å². The van der Waals surface area contributed by atoms with Crippen molar-refractivity contribution in [2.24, 2.45) is 5.92 Å². The molecule has 19 heavy (non-hydrogen) atoms. The van der Waals surface area contributed by atoms with Gasteiger partial charge in [-0.25, -0.2) is 0 Å². The average molecular weight is 262 g/mol. The number of aryl methyl sites for hydroxylation is 2. The zero-order valence-electron chi connectivity index (χ0n) is 12.6. The lowest BCUT2D eigenvalue weighted by Crippen LogP contribution is -2.41. The monoisotopic (exact) mass is 262 g/mol. The molecule has 0 bridgehead atoms. The van der Waals surface area contributed by atoms with Gasteiger partial charge in [-0.3, -0.25) is 4.90 Å². The van der Waals surface area contributed by atoms with Gasteiger partial charge in [-0.15, -0.1) is 0 Å². The van der Waals surface area contributed by atoms with Gasteiger partial charge < -0.3 is 10.0 Å². The molecule has 1 heterocycles. The first-order valence-electron chi connectivity index (χ1n) is 7.14. The lowest BCUT2D eigenvalue weighted by Gasteiger charge is -2.30. The molecule has 1 fully saturated rings. The van der Waals surface area contributed by atoms with E-state index in [4.69, 9.17) is 0 Å². The molecule has 0 spiro atoms. The van der Waals surface area contributed by atoms with Gasteiger partial charge in [-0.2, -0.15) is 0 Å². The average Bonchev–Trinajstić information content (AvgIpc) is 2.50. The van der Waals surface area contributed by atoms with E-state index in [1.165, 1.54) is 16.8 Å². The summed E-state index contributed by atoms with van der Waals surface area (Å²) in [7, 11) is 2.12. The topological polar surface area (TPSA) is 26.7 Å². The van der Waals surface area contributed by atoms with E-state index in [1.807, 2.05) is 0 Å². The van der Waals surface area contributed by atoms with Gasteiger partial charge in [0.2, 0.25) is 0 Å². The predicted octanol–water partition coefficient (Wildman–Crippen LogP) is 2.05. The molecule has 1 aromatic rings. The largest absolute Gasteiger partial charge is 0.395 e. The first-order valence-corrected chi connectivity index (χ1v) is 7.14. The van der Waals surface area contributed by atoms with Crippen molar-refractivity contribution in [1.82, 2.24) is 4.90 Å². The lowest BCUT2D eigenvalue weighted by molar-refractivity contribution is 0.151. The minimum Gasteiger partial charge on any atom is -0.395 e. The van der Waals surface area contributed by atoms with Gasteiger partial charge in [0.1, 0.15) is 0 Å². The second kappa shape index (κ2) is 5.93. The van der Waals surface area contributed by atoms with E-state index >= 15 is 0 Å². The van der Waals surface area contributed by atoms with Crippen LogP contribution in [-0.2, 0) is 0 Å². The van der Waals surface area contributed by atoms with E-state index < -0.39 is 0 Å². The Kier molecular flexibility index (Phi) is 4.48. The van der Waals surface area contributed by atoms with Crippen LogP contribution in [-0.4, -0.2) is 49.3 Å². The van der Waals surface area contributed by atoms with Crippen LogP contribution in [0.25, 0.3) is 0 Å². The van der Waals surface area contributed by atoms with Gasteiger partial charge in [0.15, 0.2) is 0 Å². The molecule has 1 aliphatic heterocycles. The molecule has 1 aromatic carbocycles. The number of anilines is 1. The van der Waals surface area contributed by atoms with Crippen LogP contribution in [0, 0.1) is 19.8 Å². The molecule has 0 saturated carbocycles. The van der Waals surface area contributed by atoms with Gasteiger partial charge in [0, 0.05) is 31.4 Å². The maximum atomic E-state index is 9.59. The molecule has 0 aromatic heterocycles. The van der Waals surface area contributed by atoms with Crippen molar-refractivity contribution in [1.29, 1.82) is 0 Å². The number of nitrogens with zero attached hydrogens (tertiary/aromatic N) is 2. The highest BCUT2D eigenvalue weighted by molar-refractivity contribution is 5.55. The second-order valence-electron chi connectivity index (χ2n) is 6.08. The highest BCUT2D eigenvalue weighted by Crippen LogP contribution is 2.25. The van der Waals surface area contributed by atoms with Crippen LogP contribution in [0.2, 0.25) is 0 Å². The Balaban J connectivity index is 2.29. The summed E-state index contributed by atoms with van der Waals surface area (Å²) in [5.74, 6) is 0.612. The molecular weight excluding hydrogens is 236 g/mol. The minimum absolute atomic E-state index is 0.227. The molecular formula is C16H26N2O. The SMILES string of the molecule is Cc1ccc(C)c(N2CC(C)CN(C)C(CO)C2)c1. The molecule has 3 heteroatoms. The number of aliphatic hydroxyl groups excluding tert-OH is 1. The van der Waals surface area contributed by atoms with Gasteiger partial charge in [0.05, 0.1) is 6.61 Å². The third-order valence-corrected chi connectivity index (χ3v) is 4.10. The number of aliphatic hydroxyl groups is 1. The van der Waals surface area contributed by atoms with Crippen molar-refractivity contribution in [3.05, 3.63) is 29.3 Å². The Bertz CT molecular complexity index is 433. The summed E-state index contributed by atoms with van der Waals surface area (Å²) in [6.07, 6.45) is 0. The summed E-state index contributed by atoms with van der Waals surface area (Å²) < 4.78 is 0. The smallest absolute Gasteiger partial charge is 0.0604 e. The molecule has 1 aliphatic rings. The fourth-order valence-corrected chi connectivity index (χ4v) is 3.00. The van der Waals surface area contributed by atoms with E-state index in [1.54, 1.807) is 0 Å². The number of hydrogen-bond donors (Lipinski definition) is 1. The minimum atomic E-state index is 0.227. The van der Waals surface area contributed by atoms with Crippen molar-refractivity contribution in [2.75, 3.05) is 38.2 Å². The summed E-state index contributed by atoms with van der Waals surface area (Å²) in [6.45, 7) is 9.83. The first-order chi connectivity index (χ1) is 9.01. The molecule has 0 radical (unpaired) electrons. The summed E-state index contributed by atoms with van der Waals surface area (Å²) in [4.78, 5) is 4.73. The summed E-state index contributed by atoms with van der Waals surface area (Å²) >= 11 is 0. The molecule has 3 nitrogen and oxygen atoms in total. The highest BCUT2D eigenvalue weighted by Gasteiger charge is 2.26. The van der Waals surface area contributed by atoms with Crippen LogP contribution in [0.3, 0.4) is 0 Å². The zero-order chi connectivity index (χ0) is 14.0. The standard InChI is InChI=1S/C16H26N2O/c1-12-5-6-14(3)16(7-12)18-9-13(2)8-17(4)15(10-18)11-19/h5-7,13,15,19H,8-11H2,1-4H3. The normalized spacial score (nSPS) is 25.4. The maximum Gasteiger partial charge on any atom is 0.0604 e.